The Balaban J connectivity index is 2.24. The smallest absolute Gasteiger partial charge is 0.207 e. The Morgan fingerprint density at radius 1 is 1.47 bits per heavy atom. The summed E-state index contributed by atoms with van der Waals surface area (Å²) in [6.45, 7) is 4.78. The molecule has 19 heavy (non-hydrogen) atoms. The van der Waals surface area contributed by atoms with Crippen molar-refractivity contribution in [3.63, 3.8) is 0 Å². The van der Waals surface area contributed by atoms with E-state index in [9.17, 15) is 0 Å². The molecule has 0 radical (unpaired) electrons. The van der Waals surface area contributed by atoms with Crippen molar-refractivity contribution in [2.24, 2.45) is 0 Å². The molecule has 1 N–H and O–H groups in total. The lowest BCUT2D eigenvalue weighted by Crippen LogP contribution is -2.12. The van der Waals surface area contributed by atoms with Crippen LogP contribution in [0.2, 0.25) is 0 Å². The van der Waals surface area contributed by atoms with Crippen LogP contribution in [-0.2, 0) is 4.74 Å². The fourth-order valence-electron chi connectivity index (χ4n) is 1.96. The maximum Gasteiger partial charge on any atom is 0.207 e. The van der Waals surface area contributed by atoms with Gasteiger partial charge < -0.3 is 14.6 Å². The van der Waals surface area contributed by atoms with Gasteiger partial charge in [-0.1, -0.05) is 6.07 Å². The van der Waals surface area contributed by atoms with E-state index >= 15 is 0 Å². The fourth-order valence-corrected chi connectivity index (χ4v) is 2.50. The van der Waals surface area contributed by atoms with Crippen LogP contribution in [0.5, 0.6) is 0 Å². The van der Waals surface area contributed by atoms with Gasteiger partial charge in [-0.15, -0.1) is 0 Å². The van der Waals surface area contributed by atoms with Crippen LogP contribution in [-0.4, -0.2) is 23.3 Å². The molecule has 102 valence electrons. The molecular weight excluding hydrogens is 353 g/mol. The van der Waals surface area contributed by atoms with Gasteiger partial charge in [-0.2, -0.15) is 0 Å². The lowest BCUT2D eigenvalue weighted by molar-refractivity contribution is 0.163. The lowest BCUT2D eigenvalue weighted by atomic mass is 10.3. The monoisotopic (exact) mass is 371 g/mol. The van der Waals surface area contributed by atoms with Gasteiger partial charge in [0.1, 0.15) is 0 Å². The number of aryl methyl sites for hydroxylation is 1. The van der Waals surface area contributed by atoms with Gasteiger partial charge in [-0.25, -0.2) is 4.98 Å². The van der Waals surface area contributed by atoms with E-state index in [0.29, 0.717) is 6.61 Å². The van der Waals surface area contributed by atoms with Gasteiger partial charge >= 0.3 is 0 Å². The second-order valence-corrected chi connectivity index (χ2v) is 5.80. The minimum absolute atomic E-state index is 0.247. The standard InChI is InChI=1S/C14H18IN3O/c1-10-8-18(11(2)9-19-3)14(16-10)17-13-6-4-5-12(15)7-13/h4-8,11H,9H2,1-3H3,(H,16,17). The summed E-state index contributed by atoms with van der Waals surface area (Å²) in [5.74, 6) is 0.851. The summed E-state index contributed by atoms with van der Waals surface area (Å²) < 4.78 is 8.52. The number of ether oxygens (including phenoxy) is 1. The van der Waals surface area contributed by atoms with Crippen molar-refractivity contribution in [3.05, 3.63) is 39.7 Å². The number of nitrogens with zero attached hydrogens (tertiary/aromatic N) is 2. The molecule has 1 unspecified atom stereocenters. The van der Waals surface area contributed by atoms with Crippen molar-refractivity contribution >= 4 is 34.2 Å². The van der Waals surface area contributed by atoms with E-state index in [1.807, 2.05) is 25.3 Å². The van der Waals surface area contributed by atoms with Gasteiger partial charge in [-0.3, -0.25) is 0 Å². The molecule has 1 aromatic heterocycles. The normalized spacial score (nSPS) is 12.4. The number of benzene rings is 1. The molecule has 0 amide bonds. The topological polar surface area (TPSA) is 39.1 Å². The van der Waals surface area contributed by atoms with E-state index in [1.165, 1.54) is 3.57 Å². The van der Waals surface area contributed by atoms with E-state index in [2.05, 4.69) is 56.5 Å². The molecule has 0 saturated heterocycles. The molecule has 0 fully saturated rings. The molecule has 1 heterocycles. The van der Waals surface area contributed by atoms with Gasteiger partial charge in [0.05, 0.1) is 18.3 Å². The summed E-state index contributed by atoms with van der Waals surface area (Å²) in [4.78, 5) is 4.53. The van der Waals surface area contributed by atoms with Gasteiger partial charge in [0.15, 0.2) is 0 Å². The number of rotatable bonds is 5. The third kappa shape index (κ3) is 3.70. The molecule has 0 aliphatic carbocycles. The van der Waals surface area contributed by atoms with Crippen LogP contribution in [0, 0.1) is 10.5 Å². The Bertz CT molecular complexity index is 553. The molecule has 0 spiro atoms. The number of hydrogen-bond acceptors (Lipinski definition) is 3. The summed E-state index contributed by atoms with van der Waals surface area (Å²) in [5.41, 5.74) is 2.04. The third-order valence-corrected chi connectivity index (χ3v) is 3.49. The molecular formula is C14H18IN3O. The molecule has 0 aliphatic heterocycles. The first kappa shape index (κ1) is 14.3. The average molecular weight is 371 g/mol. The zero-order chi connectivity index (χ0) is 13.8. The van der Waals surface area contributed by atoms with Crippen molar-refractivity contribution in [3.8, 4) is 0 Å². The first-order chi connectivity index (χ1) is 9.10. The number of hydrogen-bond donors (Lipinski definition) is 1. The predicted octanol–water partition coefficient (Wildman–Crippen LogP) is 3.75. The summed E-state index contributed by atoms with van der Waals surface area (Å²) in [6.07, 6.45) is 2.04. The molecule has 1 atom stereocenters. The highest BCUT2D eigenvalue weighted by molar-refractivity contribution is 14.1. The minimum atomic E-state index is 0.247. The molecule has 2 rings (SSSR count). The first-order valence-electron chi connectivity index (χ1n) is 6.17. The third-order valence-electron chi connectivity index (χ3n) is 2.82. The van der Waals surface area contributed by atoms with Crippen molar-refractivity contribution in [2.45, 2.75) is 19.9 Å². The van der Waals surface area contributed by atoms with Gasteiger partial charge in [0.25, 0.3) is 0 Å². The molecule has 5 heteroatoms. The van der Waals surface area contributed by atoms with E-state index < -0.39 is 0 Å². The van der Waals surface area contributed by atoms with Crippen LogP contribution < -0.4 is 5.32 Å². The van der Waals surface area contributed by atoms with Crippen LogP contribution in [0.1, 0.15) is 18.7 Å². The maximum atomic E-state index is 5.21. The van der Waals surface area contributed by atoms with Crippen LogP contribution >= 0.6 is 22.6 Å². The number of methoxy groups -OCH3 is 1. The highest BCUT2D eigenvalue weighted by atomic mass is 127. The summed E-state index contributed by atoms with van der Waals surface area (Å²) >= 11 is 2.30. The average Bonchev–Trinajstić information content (AvgIpc) is 2.70. The Morgan fingerprint density at radius 3 is 2.95 bits per heavy atom. The number of nitrogens with one attached hydrogen (secondary N) is 1. The van der Waals surface area contributed by atoms with E-state index in [1.54, 1.807) is 7.11 Å². The molecule has 1 aromatic carbocycles. The highest BCUT2D eigenvalue weighted by Crippen LogP contribution is 2.21. The van der Waals surface area contributed by atoms with Crippen molar-refractivity contribution in [1.29, 1.82) is 0 Å². The van der Waals surface area contributed by atoms with Crippen LogP contribution in [0.15, 0.2) is 30.5 Å². The fraction of sp³-hybridized carbons (Fsp3) is 0.357. The van der Waals surface area contributed by atoms with E-state index in [0.717, 1.165) is 17.3 Å². The van der Waals surface area contributed by atoms with Crippen LogP contribution in [0.3, 0.4) is 0 Å². The second-order valence-electron chi connectivity index (χ2n) is 4.55. The maximum absolute atomic E-state index is 5.21. The molecule has 0 bridgehead atoms. The van der Waals surface area contributed by atoms with E-state index in [4.69, 9.17) is 4.74 Å². The molecule has 0 aliphatic rings. The van der Waals surface area contributed by atoms with Crippen molar-refractivity contribution < 1.29 is 4.74 Å². The molecule has 4 nitrogen and oxygen atoms in total. The van der Waals surface area contributed by atoms with Gasteiger partial charge in [-0.05, 0) is 54.6 Å². The Kier molecular flexibility index (Phi) is 4.81. The quantitative estimate of drug-likeness (QED) is 0.814. The second kappa shape index (κ2) is 6.38. The summed E-state index contributed by atoms with van der Waals surface area (Å²) in [6, 6.07) is 8.48. The van der Waals surface area contributed by atoms with E-state index in [-0.39, 0.29) is 6.04 Å². The number of imidazole rings is 1. The minimum Gasteiger partial charge on any atom is -0.383 e. The largest absolute Gasteiger partial charge is 0.383 e. The van der Waals surface area contributed by atoms with Crippen LogP contribution in [0.25, 0.3) is 0 Å². The van der Waals surface area contributed by atoms with Gasteiger partial charge in [0, 0.05) is 22.6 Å². The first-order valence-corrected chi connectivity index (χ1v) is 7.25. The van der Waals surface area contributed by atoms with Gasteiger partial charge in [0.2, 0.25) is 5.95 Å². The predicted molar refractivity (Wildman–Crippen MR) is 86.0 cm³/mol. The highest BCUT2D eigenvalue weighted by Gasteiger charge is 2.12. The Hall–Kier alpha value is -1.08. The molecule has 0 saturated carbocycles. The zero-order valence-corrected chi connectivity index (χ0v) is 13.5. The van der Waals surface area contributed by atoms with Crippen molar-refractivity contribution in [1.82, 2.24) is 9.55 Å². The lowest BCUT2D eigenvalue weighted by Gasteiger charge is -2.16. The Labute approximate surface area is 127 Å². The summed E-state index contributed by atoms with van der Waals surface area (Å²) in [7, 11) is 1.72. The SMILES string of the molecule is COCC(C)n1cc(C)nc1Nc1cccc(I)c1. The summed E-state index contributed by atoms with van der Waals surface area (Å²) in [5, 5.41) is 3.36. The molecule has 2 aromatic rings. The zero-order valence-electron chi connectivity index (χ0n) is 11.4. The van der Waals surface area contributed by atoms with Crippen LogP contribution in [0.4, 0.5) is 11.6 Å². The number of anilines is 2. The number of aromatic nitrogens is 2. The number of halogens is 1. The van der Waals surface area contributed by atoms with Crippen molar-refractivity contribution in [2.75, 3.05) is 19.0 Å². The Morgan fingerprint density at radius 2 is 2.26 bits per heavy atom.